The molecule has 0 heterocycles. The molecule has 1 aliphatic rings. The van der Waals surface area contributed by atoms with Crippen LogP contribution >= 0.6 is 0 Å². The van der Waals surface area contributed by atoms with Gasteiger partial charge in [0.15, 0.2) is 0 Å². The van der Waals surface area contributed by atoms with Crippen molar-refractivity contribution in [1.82, 2.24) is 0 Å². The fraction of sp³-hybridized carbons (Fsp3) is 0.400. The predicted octanol–water partition coefficient (Wildman–Crippen LogP) is 1.68. The van der Waals surface area contributed by atoms with E-state index in [1.54, 1.807) is 0 Å². The lowest BCUT2D eigenvalue weighted by molar-refractivity contribution is 0.567. The third-order valence-electron chi connectivity index (χ3n) is 2.48. The van der Waals surface area contributed by atoms with E-state index in [-0.39, 0.29) is 0 Å². The first-order valence-corrected chi connectivity index (χ1v) is 4.19. The average Bonchev–Trinajstić information content (AvgIpc) is 2.01. The Hall–Kier alpha value is -0.820. The SMILES string of the molecule is NCC[C@@H]1Cc2ccccc21. The number of hydrogen-bond donors (Lipinski definition) is 1. The maximum Gasteiger partial charge on any atom is -0.00713 e. The van der Waals surface area contributed by atoms with E-state index in [0.717, 1.165) is 18.9 Å². The summed E-state index contributed by atoms with van der Waals surface area (Å²) in [5, 5.41) is 0. The van der Waals surface area contributed by atoms with Gasteiger partial charge in [-0.2, -0.15) is 0 Å². The third kappa shape index (κ3) is 1.05. The summed E-state index contributed by atoms with van der Waals surface area (Å²) in [6.45, 7) is 0.818. The van der Waals surface area contributed by atoms with Crippen LogP contribution in [-0.2, 0) is 6.42 Å². The van der Waals surface area contributed by atoms with Crippen LogP contribution in [-0.4, -0.2) is 6.54 Å². The molecular weight excluding hydrogens is 134 g/mol. The van der Waals surface area contributed by atoms with Crippen molar-refractivity contribution in [2.75, 3.05) is 6.54 Å². The molecule has 0 aliphatic heterocycles. The van der Waals surface area contributed by atoms with Gasteiger partial charge in [0.25, 0.3) is 0 Å². The summed E-state index contributed by atoms with van der Waals surface area (Å²) in [5.41, 5.74) is 8.54. The molecule has 0 spiro atoms. The van der Waals surface area contributed by atoms with Crippen molar-refractivity contribution in [2.24, 2.45) is 5.73 Å². The fourth-order valence-electron chi connectivity index (χ4n) is 1.82. The summed E-state index contributed by atoms with van der Waals surface area (Å²) >= 11 is 0. The van der Waals surface area contributed by atoms with Gasteiger partial charge in [-0.05, 0) is 36.4 Å². The van der Waals surface area contributed by atoms with Crippen LogP contribution in [0.4, 0.5) is 0 Å². The molecule has 2 N–H and O–H groups in total. The maximum absolute atomic E-state index is 5.50. The minimum atomic E-state index is 0.760. The van der Waals surface area contributed by atoms with E-state index < -0.39 is 0 Å². The van der Waals surface area contributed by atoms with E-state index in [1.165, 1.54) is 17.5 Å². The van der Waals surface area contributed by atoms with Gasteiger partial charge < -0.3 is 5.73 Å². The van der Waals surface area contributed by atoms with Crippen LogP contribution in [0.15, 0.2) is 24.3 Å². The standard InChI is InChI=1S/C10H13N/c11-6-5-9-7-8-3-1-2-4-10(8)9/h1-4,9H,5-7,11H2/t9-/m1/s1. The van der Waals surface area contributed by atoms with Crippen molar-refractivity contribution < 1.29 is 0 Å². The highest BCUT2D eigenvalue weighted by molar-refractivity contribution is 5.39. The van der Waals surface area contributed by atoms with Gasteiger partial charge in [0.2, 0.25) is 0 Å². The second kappa shape index (κ2) is 2.67. The first-order chi connectivity index (χ1) is 5.42. The lowest BCUT2D eigenvalue weighted by atomic mass is 9.76. The second-order valence-electron chi connectivity index (χ2n) is 3.18. The summed E-state index contributed by atoms with van der Waals surface area (Å²) in [5.74, 6) is 0.760. The van der Waals surface area contributed by atoms with E-state index in [2.05, 4.69) is 24.3 Å². The molecule has 0 aromatic heterocycles. The molecule has 1 aromatic carbocycles. The van der Waals surface area contributed by atoms with Crippen molar-refractivity contribution in [3.05, 3.63) is 35.4 Å². The van der Waals surface area contributed by atoms with Crippen molar-refractivity contribution in [2.45, 2.75) is 18.8 Å². The zero-order chi connectivity index (χ0) is 7.68. The van der Waals surface area contributed by atoms with Crippen molar-refractivity contribution in [1.29, 1.82) is 0 Å². The summed E-state index contributed by atoms with van der Waals surface area (Å²) in [7, 11) is 0. The van der Waals surface area contributed by atoms with E-state index >= 15 is 0 Å². The topological polar surface area (TPSA) is 26.0 Å². The highest BCUT2D eigenvalue weighted by Gasteiger charge is 2.23. The molecule has 0 radical (unpaired) electrons. The van der Waals surface area contributed by atoms with Crippen molar-refractivity contribution >= 4 is 0 Å². The maximum atomic E-state index is 5.50. The molecule has 0 fully saturated rings. The Bertz CT molecular complexity index is 255. The highest BCUT2D eigenvalue weighted by Crippen LogP contribution is 2.36. The van der Waals surface area contributed by atoms with Crippen LogP contribution in [0.5, 0.6) is 0 Å². The van der Waals surface area contributed by atoms with Gasteiger partial charge in [-0.3, -0.25) is 0 Å². The van der Waals surface area contributed by atoms with Gasteiger partial charge in [0.05, 0.1) is 0 Å². The zero-order valence-electron chi connectivity index (χ0n) is 6.59. The van der Waals surface area contributed by atoms with E-state index in [4.69, 9.17) is 5.73 Å². The Balaban J connectivity index is 2.16. The third-order valence-corrected chi connectivity index (χ3v) is 2.48. The summed E-state index contributed by atoms with van der Waals surface area (Å²) in [4.78, 5) is 0. The lowest BCUT2D eigenvalue weighted by Gasteiger charge is -2.29. The molecule has 1 aromatic rings. The first kappa shape index (κ1) is 6.86. The Morgan fingerprint density at radius 2 is 2.18 bits per heavy atom. The average molecular weight is 147 g/mol. The first-order valence-electron chi connectivity index (χ1n) is 4.19. The number of nitrogens with two attached hydrogens (primary N) is 1. The zero-order valence-corrected chi connectivity index (χ0v) is 6.59. The minimum Gasteiger partial charge on any atom is -0.330 e. The normalized spacial score (nSPS) is 20.6. The molecular formula is C10H13N. The second-order valence-corrected chi connectivity index (χ2v) is 3.18. The number of fused-ring (bicyclic) bond motifs is 1. The van der Waals surface area contributed by atoms with E-state index in [0.29, 0.717) is 0 Å². The molecule has 1 nitrogen and oxygen atoms in total. The van der Waals surface area contributed by atoms with Crippen molar-refractivity contribution in [3.63, 3.8) is 0 Å². The Labute approximate surface area is 67.2 Å². The molecule has 1 aliphatic carbocycles. The molecule has 0 bridgehead atoms. The molecule has 0 unspecified atom stereocenters. The van der Waals surface area contributed by atoms with Gasteiger partial charge in [0.1, 0.15) is 0 Å². The molecule has 0 saturated carbocycles. The predicted molar refractivity (Wildman–Crippen MR) is 46.6 cm³/mol. The molecule has 1 heteroatoms. The van der Waals surface area contributed by atoms with Crippen LogP contribution < -0.4 is 5.73 Å². The number of rotatable bonds is 2. The molecule has 58 valence electrons. The molecule has 1 atom stereocenters. The van der Waals surface area contributed by atoms with Gasteiger partial charge in [0, 0.05) is 0 Å². The van der Waals surface area contributed by atoms with Crippen LogP contribution in [0, 0.1) is 0 Å². The Morgan fingerprint density at radius 1 is 1.36 bits per heavy atom. The van der Waals surface area contributed by atoms with E-state index in [1.807, 2.05) is 0 Å². The van der Waals surface area contributed by atoms with Gasteiger partial charge in [-0.1, -0.05) is 24.3 Å². The summed E-state index contributed by atoms with van der Waals surface area (Å²) in [6.07, 6.45) is 2.39. The minimum absolute atomic E-state index is 0.760. The smallest absolute Gasteiger partial charge is 0.00713 e. The highest BCUT2D eigenvalue weighted by atomic mass is 14.5. The van der Waals surface area contributed by atoms with Crippen LogP contribution in [0.25, 0.3) is 0 Å². The number of benzene rings is 1. The largest absolute Gasteiger partial charge is 0.330 e. The molecule has 0 saturated heterocycles. The Kier molecular flexibility index (Phi) is 1.66. The van der Waals surface area contributed by atoms with Crippen LogP contribution in [0.3, 0.4) is 0 Å². The van der Waals surface area contributed by atoms with E-state index in [9.17, 15) is 0 Å². The van der Waals surface area contributed by atoms with Crippen LogP contribution in [0.2, 0.25) is 0 Å². The molecule has 11 heavy (non-hydrogen) atoms. The fourth-order valence-corrected chi connectivity index (χ4v) is 1.82. The van der Waals surface area contributed by atoms with Crippen molar-refractivity contribution in [3.8, 4) is 0 Å². The summed E-state index contributed by atoms with van der Waals surface area (Å²) in [6, 6.07) is 8.65. The summed E-state index contributed by atoms with van der Waals surface area (Å²) < 4.78 is 0. The Morgan fingerprint density at radius 3 is 2.91 bits per heavy atom. The lowest BCUT2D eigenvalue weighted by Crippen LogP contribution is -2.19. The quantitative estimate of drug-likeness (QED) is 0.676. The van der Waals surface area contributed by atoms with Gasteiger partial charge in [-0.15, -0.1) is 0 Å². The molecule has 0 amide bonds. The monoisotopic (exact) mass is 147 g/mol. The van der Waals surface area contributed by atoms with Gasteiger partial charge in [-0.25, -0.2) is 0 Å². The van der Waals surface area contributed by atoms with Crippen LogP contribution in [0.1, 0.15) is 23.5 Å². The molecule has 2 rings (SSSR count). The number of hydrogen-bond acceptors (Lipinski definition) is 1. The van der Waals surface area contributed by atoms with Gasteiger partial charge >= 0.3 is 0 Å².